The molecule has 0 heterocycles. The molecule has 0 aliphatic carbocycles. The first-order valence-corrected chi connectivity index (χ1v) is 7.43. The molecule has 1 amide bonds. The highest BCUT2D eigenvalue weighted by atomic mass is 16.5. The molecule has 21 heavy (non-hydrogen) atoms. The minimum Gasteiger partial charge on any atom is -0.491 e. The lowest BCUT2D eigenvalue weighted by Crippen LogP contribution is -2.28. The number of benzene rings is 1. The fourth-order valence-corrected chi connectivity index (χ4v) is 1.79. The summed E-state index contributed by atoms with van der Waals surface area (Å²) >= 11 is 0. The molecule has 1 rings (SSSR count). The Morgan fingerprint density at radius 2 is 2.10 bits per heavy atom. The van der Waals surface area contributed by atoms with Crippen LogP contribution in [0.5, 0.6) is 5.75 Å². The predicted octanol–water partition coefficient (Wildman–Crippen LogP) is 2.46. The average molecular weight is 294 g/mol. The van der Waals surface area contributed by atoms with E-state index in [-0.39, 0.29) is 5.91 Å². The summed E-state index contributed by atoms with van der Waals surface area (Å²) in [5, 5.41) is 2.81. The number of hydrogen-bond donors (Lipinski definition) is 2. The van der Waals surface area contributed by atoms with E-state index in [0.29, 0.717) is 42.7 Å². The fourth-order valence-electron chi connectivity index (χ4n) is 1.79. The number of nitrogens with one attached hydrogen (secondary N) is 1. The van der Waals surface area contributed by atoms with Crippen LogP contribution in [0.15, 0.2) is 18.2 Å². The zero-order valence-electron chi connectivity index (χ0n) is 13.1. The van der Waals surface area contributed by atoms with Gasteiger partial charge >= 0.3 is 0 Å². The van der Waals surface area contributed by atoms with Gasteiger partial charge in [-0.2, -0.15) is 0 Å². The van der Waals surface area contributed by atoms with Crippen LogP contribution in [0.2, 0.25) is 0 Å². The van der Waals surface area contributed by atoms with Crippen LogP contribution < -0.4 is 15.8 Å². The Hall–Kier alpha value is -1.75. The van der Waals surface area contributed by atoms with E-state index in [1.807, 2.05) is 6.92 Å². The molecule has 0 saturated carbocycles. The number of amides is 1. The van der Waals surface area contributed by atoms with Crippen molar-refractivity contribution in [2.45, 2.75) is 27.2 Å². The minimum absolute atomic E-state index is 0.196. The third kappa shape index (κ3) is 6.04. The maximum absolute atomic E-state index is 12.1. The average Bonchev–Trinajstić information content (AvgIpc) is 2.44. The molecule has 5 heteroatoms. The molecule has 0 radical (unpaired) electrons. The first-order valence-electron chi connectivity index (χ1n) is 7.43. The van der Waals surface area contributed by atoms with Gasteiger partial charge in [0.1, 0.15) is 0 Å². The monoisotopic (exact) mass is 294 g/mol. The lowest BCUT2D eigenvalue weighted by atomic mass is 10.1. The smallest absolute Gasteiger partial charge is 0.255 e. The predicted molar refractivity (Wildman–Crippen MR) is 84.6 cm³/mol. The van der Waals surface area contributed by atoms with Crippen LogP contribution in [0.3, 0.4) is 0 Å². The molecule has 0 aliphatic rings. The molecule has 0 saturated heterocycles. The fraction of sp³-hybridized carbons (Fsp3) is 0.562. The topological polar surface area (TPSA) is 73.6 Å². The van der Waals surface area contributed by atoms with Gasteiger partial charge < -0.3 is 20.5 Å². The number of nitrogen functional groups attached to an aromatic ring is 1. The quantitative estimate of drug-likeness (QED) is 0.542. The number of para-hydroxylation sites is 1. The lowest BCUT2D eigenvalue weighted by Gasteiger charge is -2.13. The molecule has 0 fully saturated rings. The van der Waals surface area contributed by atoms with Crippen LogP contribution in [-0.4, -0.2) is 32.3 Å². The molecule has 0 aromatic heterocycles. The van der Waals surface area contributed by atoms with Gasteiger partial charge in [-0.05, 0) is 31.4 Å². The van der Waals surface area contributed by atoms with Crippen molar-refractivity contribution in [2.24, 2.45) is 5.92 Å². The summed E-state index contributed by atoms with van der Waals surface area (Å²) in [4.78, 5) is 12.1. The van der Waals surface area contributed by atoms with E-state index < -0.39 is 0 Å². The maximum Gasteiger partial charge on any atom is 0.255 e. The van der Waals surface area contributed by atoms with Crippen LogP contribution in [-0.2, 0) is 4.74 Å². The summed E-state index contributed by atoms with van der Waals surface area (Å²) in [5.74, 6) is 0.872. The molecule has 0 spiro atoms. The molecule has 3 N–H and O–H groups in total. The van der Waals surface area contributed by atoms with Gasteiger partial charge in [0.2, 0.25) is 0 Å². The van der Waals surface area contributed by atoms with Gasteiger partial charge in [-0.25, -0.2) is 0 Å². The van der Waals surface area contributed by atoms with Gasteiger partial charge in [-0.3, -0.25) is 4.79 Å². The Labute approximate surface area is 126 Å². The number of carbonyl (C=O) groups is 1. The molecule has 1 aromatic carbocycles. The molecule has 0 atom stereocenters. The number of carbonyl (C=O) groups excluding carboxylic acids is 1. The van der Waals surface area contributed by atoms with E-state index >= 15 is 0 Å². The maximum atomic E-state index is 12.1. The van der Waals surface area contributed by atoms with Gasteiger partial charge in [-0.1, -0.05) is 19.9 Å². The van der Waals surface area contributed by atoms with Crippen molar-refractivity contribution >= 4 is 11.6 Å². The summed E-state index contributed by atoms with van der Waals surface area (Å²) in [7, 11) is 0. The van der Waals surface area contributed by atoms with Crippen LogP contribution in [0.1, 0.15) is 37.6 Å². The van der Waals surface area contributed by atoms with Gasteiger partial charge in [0, 0.05) is 13.2 Å². The molecule has 118 valence electrons. The summed E-state index contributed by atoms with van der Waals surface area (Å²) in [6.45, 7) is 8.32. The molecule has 0 bridgehead atoms. The van der Waals surface area contributed by atoms with E-state index in [1.54, 1.807) is 18.2 Å². The van der Waals surface area contributed by atoms with Gasteiger partial charge in [-0.15, -0.1) is 0 Å². The second-order valence-electron chi connectivity index (χ2n) is 5.21. The Balaban J connectivity index is 2.43. The summed E-state index contributed by atoms with van der Waals surface area (Å²) in [6.07, 6.45) is 1.03. The second-order valence-corrected chi connectivity index (χ2v) is 5.21. The van der Waals surface area contributed by atoms with Crippen molar-refractivity contribution in [3.8, 4) is 5.75 Å². The Kier molecular flexibility index (Phi) is 7.61. The highest BCUT2D eigenvalue weighted by Crippen LogP contribution is 2.26. The van der Waals surface area contributed by atoms with Gasteiger partial charge in [0.15, 0.2) is 5.75 Å². The first-order chi connectivity index (χ1) is 10.1. The Morgan fingerprint density at radius 3 is 2.76 bits per heavy atom. The molecule has 0 aliphatic heterocycles. The van der Waals surface area contributed by atoms with Crippen molar-refractivity contribution in [1.29, 1.82) is 0 Å². The van der Waals surface area contributed by atoms with E-state index in [4.69, 9.17) is 15.2 Å². The highest BCUT2D eigenvalue weighted by Gasteiger charge is 2.14. The third-order valence-corrected chi connectivity index (χ3v) is 2.95. The van der Waals surface area contributed by atoms with E-state index in [1.165, 1.54) is 0 Å². The van der Waals surface area contributed by atoms with Crippen LogP contribution >= 0.6 is 0 Å². The number of nitrogens with two attached hydrogens (primary N) is 1. The van der Waals surface area contributed by atoms with E-state index in [0.717, 1.165) is 13.0 Å². The summed E-state index contributed by atoms with van der Waals surface area (Å²) in [5.41, 5.74) is 6.77. The lowest BCUT2D eigenvalue weighted by molar-refractivity contribution is 0.0902. The van der Waals surface area contributed by atoms with Gasteiger partial charge in [0.05, 0.1) is 24.5 Å². The van der Waals surface area contributed by atoms with E-state index in [9.17, 15) is 4.79 Å². The summed E-state index contributed by atoms with van der Waals surface area (Å²) in [6, 6.07) is 5.17. The standard InChI is InChI=1S/C16H26N2O3/c1-4-21-15-13(6-5-7-14(15)17)16(19)18-9-11-20-10-8-12(2)3/h5-7,12H,4,8-11,17H2,1-3H3,(H,18,19). The van der Waals surface area contributed by atoms with Crippen molar-refractivity contribution in [3.63, 3.8) is 0 Å². The number of anilines is 1. The third-order valence-electron chi connectivity index (χ3n) is 2.95. The van der Waals surface area contributed by atoms with Crippen LogP contribution in [0.25, 0.3) is 0 Å². The SMILES string of the molecule is CCOc1c(N)cccc1C(=O)NCCOCCC(C)C. The number of rotatable bonds is 9. The molecular weight excluding hydrogens is 268 g/mol. The second kappa shape index (κ2) is 9.23. The Morgan fingerprint density at radius 1 is 1.33 bits per heavy atom. The molecule has 1 aromatic rings. The molecular formula is C16H26N2O3. The van der Waals surface area contributed by atoms with Crippen molar-refractivity contribution < 1.29 is 14.3 Å². The zero-order chi connectivity index (χ0) is 15.7. The van der Waals surface area contributed by atoms with Crippen molar-refractivity contribution in [3.05, 3.63) is 23.8 Å². The normalized spacial score (nSPS) is 10.7. The van der Waals surface area contributed by atoms with E-state index in [2.05, 4.69) is 19.2 Å². The summed E-state index contributed by atoms with van der Waals surface area (Å²) < 4.78 is 10.9. The van der Waals surface area contributed by atoms with Crippen LogP contribution in [0.4, 0.5) is 5.69 Å². The minimum atomic E-state index is -0.196. The van der Waals surface area contributed by atoms with Crippen molar-refractivity contribution in [2.75, 3.05) is 32.1 Å². The zero-order valence-corrected chi connectivity index (χ0v) is 13.1. The first kappa shape index (κ1) is 17.3. The molecule has 0 unspecified atom stereocenters. The van der Waals surface area contributed by atoms with Gasteiger partial charge in [0.25, 0.3) is 5.91 Å². The highest BCUT2D eigenvalue weighted by molar-refractivity contribution is 5.98. The largest absolute Gasteiger partial charge is 0.491 e. The Bertz CT molecular complexity index is 447. The number of hydrogen-bond acceptors (Lipinski definition) is 4. The molecule has 5 nitrogen and oxygen atoms in total. The van der Waals surface area contributed by atoms with Crippen LogP contribution in [0, 0.1) is 5.92 Å². The van der Waals surface area contributed by atoms with Crippen molar-refractivity contribution in [1.82, 2.24) is 5.32 Å². The number of ether oxygens (including phenoxy) is 2.